The number of nitrogens with one attached hydrogen (secondary N) is 3. The summed E-state index contributed by atoms with van der Waals surface area (Å²) in [4.78, 5) is 34.2. The Hall–Kier alpha value is -3.11. The van der Waals surface area contributed by atoms with E-state index in [0.717, 1.165) is 5.69 Å². The van der Waals surface area contributed by atoms with Gasteiger partial charge < -0.3 is 25.0 Å². The average Bonchev–Trinajstić information content (AvgIpc) is 2.77. The van der Waals surface area contributed by atoms with Gasteiger partial charge in [0.05, 0.1) is 43.6 Å². The van der Waals surface area contributed by atoms with Crippen molar-refractivity contribution < 1.29 is 19.1 Å². The lowest BCUT2D eigenvalue weighted by Gasteiger charge is -2.26. The summed E-state index contributed by atoms with van der Waals surface area (Å²) in [6, 6.07) is 4.34. The maximum atomic E-state index is 12.3. The number of carbonyl (C=O) groups excluding carboxylic acids is 2. The maximum absolute atomic E-state index is 12.3. The molecule has 0 atom stereocenters. The van der Waals surface area contributed by atoms with Crippen molar-refractivity contribution in [1.82, 2.24) is 20.2 Å². The summed E-state index contributed by atoms with van der Waals surface area (Å²) in [7, 11) is 0. The molecule has 0 unspecified atom stereocenters. The van der Waals surface area contributed by atoms with Gasteiger partial charge in [0.2, 0.25) is 0 Å². The molecule has 11 heteroatoms. The van der Waals surface area contributed by atoms with Gasteiger partial charge in [0.1, 0.15) is 5.75 Å². The predicted octanol–water partition coefficient (Wildman–Crippen LogP) is 2.89. The Bertz CT molecular complexity index is 890. The number of aryl methyl sites for hydroxylation is 1. The number of carbonyl (C=O) groups is 2. The molecule has 3 N–H and O–H groups in total. The molecule has 2 aromatic rings. The second-order valence-corrected chi connectivity index (χ2v) is 7.23. The van der Waals surface area contributed by atoms with Crippen LogP contribution in [-0.2, 0) is 4.74 Å². The second-order valence-electron chi connectivity index (χ2n) is 6.80. The van der Waals surface area contributed by atoms with Crippen molar-refractivity contribution in [3.05, 3.63) is 41.3 Å². The van der Waals surface area contributed by atoms with E-state index in [1.807, 2.05) is 0 Å². The number of nitrogens with zero attached hydrogens (tertiary/aromatic N) is 3. The van der Waals surface area contributed by atoms with Crippen LogP contribution in [0.4, 0.5) is 21.1 Å². The van der Waals surface area contributed by atoms with Gasteiger partial charge in [-0.25, -0.2) is 14.6 Å². The van der Waals surface area contributed by atoms with E-state index in [2.05, 4.69) is 25.9 Å². The van der Waals surface area contributed by atoms with Gasteiger partial charge in [-0.2, -0.15) is 0 Å². The SMILES string of the molecule is Cc1cnc(NC(=O)Nc2cc(Cl)ccc2OCCCNC(=O)N2CCOCC2)cn1. The van der Waals surface area contributed by atoms with Crippen LogP contribution in [0.3, 0.4) is 0 Å². The first-order chi connectivity index (χ1) is 15.0. The molecule has 10 nitrogen and oxygen atoms in total. The van der Waals surface area contributed by atoms with E-state index in [-0.39, 0.29) is 6.03 Å². The highest BCUT2D eigenvalue weighted by Crippen LogP contribution is 2.28. The van der Waals surface area contributed by atoms with E-state index in [1.54, 1.807) is 36.2 Å². The minimum Gasteiger partial charge on any atom is -0.491 e. The van der Waals surface area contributed by atoms with Crippen molar-refractivity contribution in [3.8, 4) is 5.75 Å². The van der Waals surface area contributed by atoms with Crippen LogP contribution in [-0.4, -0.2) is 66.4 Å². The number of morpholine rings is 1. The molecular weight excluding hydrogens is 424 g/mol. The topological polar surface area (TPSA) is 118 Å². The first-order valence-corrected chi connectivity index (χ1v) is 10.3. The largest absolute Gasteiger partial charge is 0.491 e. The van der Waals surface area contributed by atoms with Gasteiger partial charge in [-0.1, -0.05) is 11.6 Å². The van der Waals surface area contributed by atoms with Crippen LogP contribution in [0.25, 0.3) is 0 Å². The van der Waals surface area contributed by atoms with Crippen LogP contribution in [0, 0.1) is 6.92 Å². The minimum atomic E-state index is -0.497. The molecule has 2 heterocycles. The quantitative estimate of drug-likeness (QED) is 0.560. The smallest absolute Gasteiger partial charge is 0.325 e. The maximum Gasteiger partial charge on any atom is 0.325 e. The molecule has 4 amide bonds. The number of anilines is 2. The van der Waals surface area contributed by atoms with E-state index < -0.39 is 6.03 Å². The lowest BCUT2D eigenvalue weighted by atomic mass is 10.3. The van der Waals surface area contributed by atoms with Crippen molar-refractivity contribution in [2.45, 2.75) is 13.3 Å². The van der Waals surface area contributed by atoms with Crippen molar-refractivity contribution in [3.63, 3.8) is 0 Å². The zero-order chi connectivity index (χ0) is 22.1. The standard InChI is InChI=1S/C20H25ClN6O4/c1-14-12-24-18(13-23-14)26-19(28)25-16-11-15(21)3-4-17(16)31-8-2-5-22-20(29)27-6-9-30-10-7-27/h3-4,11-13H,2,5-10H2,1H3,(H,22,29)(H2,24,25,26,28). The molecule has 0 aliphatic carbocycles. The first kappa shape index (κ1) is 22.6. The van der Waals surface area contributed by atoms with Crippen molar-refractivity contribution in [1.29, 1.82) is 0 Å². The second kappa shape index (κ2) is 11.3. The minimum absolute atomic E-state index is 0.104. The number of rotatable bonds is 7. The van der Waals surface area contributed by atoms with Crippen molar-refractivity contribution in [2.75, 3.05) is 50.1 Å². The van der Waals surface area contributed by atoms with E-state index >= 15 is 0 Å². The van der Waals surface area contributed by atoms with Gasteiger partial charge in [-0.15, -0.1) is 0 Å². The Labute approximate surface area is 185 Å². The molecule has 1 aliphatic rings. The molecule has 166 valence electrons. The zero-order valence-corrected chi connectivity index (χ0v) is 17.9. The molecule has 3 rings (SSSR count). The molecule has 1 aromatic carbocycles. The highest BCUT2D eigenvalue weighted by Gasteiger charge is 2.16. The Morgan fingerprint density at radius 1 is 1.19 bits per heavy atom. The van der Waals surface area contributed by atoms with Crippen LogP contribution in [0.2, 0.25) is 5.02 Å². The van der Waals surface area contributed by atoms with Crippen LogP contribution in [0.5, 0.6) is 5.75 Å². The summed E-state index contributed by atoms with van der Waals surface area (Å²) in [5.74, 6) is 0.789. The third-order valence-corrected chi connectivity index (χ3v) is 4.60. The van der Waals surface area contributed by atoms with E-state index in [0.29, 0.717) is 68.2 Å². The fraction of sp³-hybridized carbons (Fsp3) is 0.400. The number of amides is 4. The molecule has 0 bridgehead atoms. The Morgan fingerprint density at radius 2 is 2.00 bits per heavy atom. The number of halogens is 1. The van der Waals surface area contributed by atoms with Crippen LogP contribution in [0.15, 0.2) is 30.6 Å². The average molecular weight is 449 g/mol. The zero-order valence-electron chi connectivity index (χ0n) is 17.2. The Kier molecular flexibility index (Phi) is 8.25. The molecule has 1 fully saturated rings. The summed E-state index contributed by atoms with van der Waals surface area (Å²) in [5, 5.41) is 8.62. The third-order valence-electron chi connectivity index (χ3n) is 4.37. The molecule has 1 saturated heterocycles. The molecule has 0 radical (unpaired) electrons. The molecular formula is C20H25ClN6O4. The lowest BCUT2D eigenvalue weighted by molar-refractivity contribution is 0.0532. The van der Waals surface area contributed by atoms with E-state index in [1.165, 1.54) is 6.20 Å². The molecule has 1 aliphatic heterocycles. The monoisotopic (exact) mass is 448 g/mol. The van der Waals surface area contributed by atoms with E-state index in [9.17, 15) is 9.59 Å². The van der Waals surface area contributed by atoms with Crippen molar-refractivity contribution >= 4 is 35.2 Å². The number of hydrogen-bond acceptors (Lipinski definition) is 6. The van der Waals surface area contributed by atoms with Crippen LogP contribution in [0.1, 0.15) is 12.1 Å². The summed E-state index contributed by atoms with van der Waals surface area (Å²) in [6.07, 6.45) is 3.63. The van der Waals surface area contributed by atoms with E-state index in [4.69, 9.17) is 21.1 Å². The van der Waals surface area contributed by atoms with Gasteiger partial charge in [0.15, 0.2) is 5.82 Å². The third kappa shape index (κ3) is 7.26. The Balaban J connectivity index is 1.46. The number of aromatic nitrogens is 2. The normalized spacial score (nSPS) is 13.4. The summed E-state index contributed by atoms with van der Waals surface area (Å²) in [5.41, 5.74) is 1.17. The van der Waals surface area contributed by atoms with Crippen molar-refractivity contribution in [2.24, 2.45) is 0 Å². The predicted molar refractivity (Wildman–Crippen MR) is 117 cm³/mol. The lowest BCUT2D eigenvalue weighted by Crippen LogP contribution is -2.46. The first-order valence-electron chi connectivity index (χ1n) is 9.91. The summed E-state index contributed by atoms with van der Waals surface area (Å²) in [6.45, 7) is 4.95. The number of ether oxygens (including phenoxy) is 2. The fourth-order valence-electron chi connectivity index (χ4n) is 2.78. The Morgan fingerprint density at radius 3 is 2.74 bits per heavy atom. The number of hydrogen-bond donors (Lipinski definition) is 3. The highest BCUT2D eigenvalue weighted by atomic mass is 35.5. The number of benzene rings is 1. The molecule has 31 heavy (non-hydrogen) atoms. The molecule has 0 spiro atoms. The van der Waals surface area contributed by atoms with Gasteiger partial charge in [-0.3, -0.25) is 10.3 Å². The van der Waals surface area contributed by atoms with Gasteiger partial charge >= 0.3 is 12.1 Å². The summed E-state index contributed by atoms with van der Waals surface area (Å²) < 4.78 is 11.0. The fourth-order valence-corrected chi connectivity index (χ4v) is 2.95. The van der Waals surface area contributed by atoms with Gasteiger partial charge in [0, 0.05) is 24.7 Å². The van der Waals surface area contributed by atoms with Gasteiger partial charge in [0.25, 0.3) is 0 Å². The highest BCUT2D eigenvalue weighted by molar-refractivity contribution is 6.31. The molecule has 1 aromatic heterocycles. The summed E-state index contributed by atoms with van der Waals surface area (Å²) >= 11 is 6.06. The van der Waals surface area contributed by atoms with Crippen LogP contribution < -0.4 is 20.7 Å². The van der Waals surface area contributed by atoms with Crippen LogP contribution >= 0.6 is 11.6 Å². The number of urea groups is 2. The molecule has 0 saturated carbocycles. The van der Waals surface area contributed by atoms with Gasteiger partial charge in [-0.05, 0) is 31.5 Å².